The molecule has 2 rings (SSSR count). The molecule has 122 valence electrons. The zero-order valence-corrected chi connectivity index (χ0v) is 14.0. The van der Waals surface area contributed by atoms with Gasteiger partial charge in [0.2, 0.25) is 0 Å². The second kappa shape index (κ2) is 8.34. The summed E-state index contributed by atoms with van der Waals surface area (Å²) in [6.07, 6.45) is 0.558. The molecular weight excluding hydrogens is 349 g/mol. The fourth-order valence-electron chi connectivity index (χ4n) is 1.96. The molecule has 0 aliphatic carbocycles. The summed E-state index contributed by atoms with van der Waals surface area (Å²) in [6, 6.07) is 13.6. The molecule has 2 N–H and O–H groups in total. The van der Waals surface area contributed by atoms with Crippen LogP contribution in [-0.2, 0) is 16.0 Å². The molecule has 5 nitrogen and oxygen atoms in total. The van der Waals surface area contributed by atoms with Crippen molar-refractivity contribution in [1.82, 2.24) is 5.32 Å². The minimum absolute atomic E-state index is 0.205. The number of anilines is 1. The van der Waals surface area contributed by atoms with Gasteiger partial charge >= 0.3 is 11.8 Å². The van der Waals surface area contributed by atoms with Crippen LogP contribution in [0, 0.1) is 11.3 Å². The summed E-state index contributed by atoms with van der Waals surface area (Å²) >= 11 is 11.8. The summed E-state index contributed by atoms with van der Waals surface area (Å²) in [6.45, 7) is 0.306. The Balaban J connectivity index is 1.85. The first kappa shape index (κ1) is 17.8. The van der Waals surface area contributed by atoms with Gasteiger partial charge in [-0.1, -0.05) is 35.3 Å². The van der Waals surface area contributed by atoms with E-state index in [1.165, 1.54) is 18.2 Å². The summed E-state index contributed by atoms with van der Waals surface area (Å²) in [4.78, 5) is 23.6. The van der Waals surface area contributed by atoms with Gasteiger partial charge in [-0.25, -0.2) is 0 Å². The van der Waals surface area contributed by atoms with E-state index in [1.54, 1.807) is 12.1 Å². The molecule has 0 bridgehead atoms. The number of nitrogens with one attached hydrogen (secondary N) is 2. The Hall–Kier alpha value is -2.55. The molecule has 0 aliphatic heterocycles. The molecule has 0 heterocycles. The van der Waals surface area contributed by atoms with E-state index >= 15 is 0 Å². The number of carbonyl (C=O) groups excluding carboxylic acids is 2. The molecule has 2 amide bonds. The van der Waals surface area contributed by atoms with Gasteiger partial charge in [0.15, 0.2) is 0 Å². The van der Waals surface area contributed by atoms with Gasteiger partial charge in [-0.05, 0) is 42.3 Å². The Morgan fingerprint density at radius 3 is 2.54 bits per heavy atom. The average molecular weight is 362 g/mol. The molecule has 0 saturated carbocycles. The van der Waals surface area contributed by atoms with Crippen molar-refractivity contribution in [1.29, 1.82) is 5.26 Å². The first-order chi connectivity index (χ1) is 11.5. The fourth-order valence-corrected chi connectivity index (χ4v) is 2.40. The van der Waals surface area contributed by atoms with Gasteiger partial charge in [0.1, 0.15) is 6.07 Å². The number of nitriles is 1. The molecule has 2 aromatic carbocycles. The van der Waals surface area contributed by atoms with Crippen molar-refractivity contribution in [2.75, 3.05) is 11.9 Å². The van der Waals surface area contributed by atoms with Gasteiger partial charge in [0, 0.05) is 17.3 Å². The Kier molecular flexibility index (Phi) is 6.19. The summed E-state index contributed by atoms with van der Waals surface area (Å²) < 4.78 is 0. The molecule has 0 radical (unpaired) electrons. The van der Waals surface area contributed by atoms with Crippen LogP contribution in [0.5, 0.6) is 0 Å². The zero-order chi connectivity index (χ0) is 17.5. The van der Waals surface area contributed by atoms with E-state index in [1.807, 2.05) is 18.2 Å². The molecule has 0 unspecified atom stereocenters. The van der Waals surface area contributed by atoms with E-state index in [2.05, 4.69) is 10.6 Å². The van der Waals surface area contributed by atoms with Crippen molar-refractivity contribution in [3.8, 4) is 6.07 Å². The van der Waals surface area contributed by atoms with Gasteiger partial charge in [-0.3, -0.25) is 9.59 Å². The van der Waals surface area contributed by atoms with E-state index in [0.717, 1.165) is 5.56 Å². The molecule has 2 aromatic rings. The third kappa shape index (κ3) is 4.98. The summed E-state index contributed by atoms with van der Waals surface area (Å²) in [5, 5.41) is 14.6. The van der Waals surface area contributed by atoms with Crippen LogP contribution in [0.4, 0.5) is 5.69 Å². The lowest BCUT2D eigenvalue weighted by atomic mass is 10.1. The average Bonchev–Trinajstić information content (AvgIpc) is 2.55. The number of amides is 2. The third-order valence-corrected chi connectivity index (χ3v) is 3.69. The second-order valence-corrected chi connectivity index (χ2v) is 5.74. The quantitative estimate of drug-likeness (QED) is 0.820. The first-order valence-electron chi connectivity index (χ1n) is 7.03. The highest BCUT2D eigenvalue weighted by molar-refractivity contribution is 6.40. The standard InChI is InChI=1S/C17H13Cl2N3O2/c18-13-3-1-2-11(8-13)6-7-21-16(23)17(24)22-14-5-4-12(10-20)15(19)9-14/h1-5,8-9H,6-7H2,(H,21,23)(H,22,24). The van der Waals surface area contributed by atoms with E-state index in [4.69, 9.17) is 28.5 Å². The smallest absolute Gasteiger partial charge is 0.313 e. The van der Waals surface area contributed by atoms with Crippen LogP contribution in [0.1, 0.15) is 11.1 Å². The number of nitrogens with zero attached hydrogens (tertiary/aromatic N) is 1. The predicted octanol–water partition coefficient (Wildman–Crippen LogP) is 3.16. The van der Waals surface area contributed by atoms with Crippen LogP contribution in [-0.4, -0.2) is 18.4 Å². The molecule has 0 atom stereocenters. The van der Waals surface area contributed by atoms with Crippen LogP contribution in [0.2, 0.25) is 10.0 Å². The SMILES string of the molecule is N#Cc1ccc(NC(=O)C(=O)NCCc2cccc(Cl)c2)cc1Cl. The van der Waals surface area contributed by atoms with Crippen molar-refractivity contribution < 1.29 is 9.59 Å². The van der Waals surface area contributed by atoms with Crippen molar-refractivity contribution in [3.63, 3.8) is 0 Å². The minimum atomic E-state index is -0.804. The lowest BCUT2D eigenvalue weighted by Crippen LogP contribution is -2.36. The van der Waals surface area contributed by atoms with E-state index in [9.17, 15) is 9.59 Å². The third-order valence-electron chi connectivity index (χ3n) is 3.14. The topological polar surface area (TPSA) is 82.0 Å². The maximum absolute atomic E-state index is 11.8. The normalized spacial score (nSPS) is 9.88. The van der Waals surface area contributed by atoms with Crippen molar-refractivity contribution in [3.05, 3.63) is 63.6 Å². The minimum Gasteiger partial charge on any atom is -0.347 e. The zero-order valence-electron chi connectivity index (χ0n) is 12.5. The number of hydrogen-bond donors (Lipinski definition) is 2. The maximum Gasteiger partial charge on any atom is 0.313 e. The molecule has 0 aliphatic rings. The van der Waals surface area contributed by atoms with Crippen LogP contribution < -0.4 is 10.6 Å². The highest BCUT2D eigenvalue weighted by Gasteiger charge is 2.13. The highest BCUT2D eigenvalue weighted by Crippen LogP contribution is 2.20. The monoisotopic (exact) mass is 361 g/mol. The fraction of sp³-hybridized carbons (Fsp3) is 0.118. The summed E-state index contributed by atoms with van der Waals surface area (Å²) in [5.41, 5.74) is 1.59. The van der Waals surface area contributed by atoms with Crippen molar-refractivity contribution in [2.45, 2.75) is 6.42 Å². The molecular formula is C17H13Cl2N3O2. The number of benzene rings is 2. The summed E-state index contributed by atoms with van der Waals surface area (Å²) in [7, 11) is 0. The Bertz CT molecular complexity index is 816. The highest BCUT2D eigenvalue weighted by atomic mass is 35.5. The van der Waals surface area contributed by atoms with Crippen molar-refractivity contribution in [2.24, 2.45) is 0 Å². The Labute approximate surface area is 149 Å². The number of hydrogen-bond acceptors (Lipinski definition) is 3. The van der Waals surface area contributed by atoms with Crippen molar-refractivity contribution >= 4 is 40.7 Å². The van der Waals surface area contributed by atoms with Gasteiger partial charge < -0.3 is 10.6 Å². The summed E-state index contributed by atoms with van der Waals surface area (Å²) in [5.74, 6) is -1.56. The van der Waals surface area contributed by atoms with E-state index in [0.29, 0.717) is 29.2 Å². The van der Waals surface area contributed by atoms with Crippen LogP contribution in [0.3, 0.4) is 0 Å². The maximum atomic E-state index is 11.8. The molecule has 0 aromatic heterocycles. The number of rotatable bonds is 4. The Morgan fingerprint density at radius 1 is 1.08 bits per heavy atom. The molecule has 0 fully saturated rings. The second-order valence-electron chi connectivity index (χ2n) is 4.90. The predicted molar refractivity (Wildman–Crippen MR) is 93.0 cm³/mol. The van der Waals surface area contributed by atoms with Gasteiger partial charge in [-0.15, -0.1) is 0 Å². The Morgan fingerprint density at radius 2 is 1.88 bits per heavy atom. The molecule has 0 saturated heterocycles. The van der Waals surface area contributed by atoms with E-state index < -0.39 is 11.8 Å². The lowest BCUT2D eigenvalue weighted by molar-refractivity contribution is -0.136. The number of carbonyl (C=O) groups is 2. The molecule has 24 heavy (non-hydrogen) atoms. The van der Waals surface area contributed by atoms with Gasteiger partial charge in [0.05, 0.1) is 10.6 Å². The largest absolute Gasteiger partial charge is 0.347 e. The van der Waals surface area contributed by atoms with Crippen LogP contribution in [0.15, 0.2) is 42.5 Å². The van der Waals surface area contributed by atoms with Gasteiger partial charge in [-0.2, -0.15) is 5.26 Å². The van der Waals surface area contributed by atoms with Crippen LogP contribution in [0.25, 0.3) is 0 Å². The molecule has 7 heteroatoms. The first-order valence-corrected chi connectivity index (χ1v) is 7.78. The molecule has 0 spiro atoms. The number of halogens is 2. The lowest BCUT2D eigenvalue weighted by Gasteiger charge is -2.07. The van der Waals surface area contributed by atoms with Crippen LogP contribution >= 0.6 is 23.2 Å². The van der Waals surface area contributed by atoms with Gasteiger partial charge in [0.25, 0.3) is 0 Å². The van der Waals surface area contributed by atoms with E-state index in [-0.39, 0.29) is 5.02 Å².